The number of nitrogens with two attached hydrogens (primary N) is 3. The van der Waals surface area contributed by atoms with Crippen LogP contribution in [0.5, 0.6) is 0 Å². The van der Waals surface area contributed by atoms with Crippen LogP contribution >= 0.6 is 96.9 Å². The highest BCUT2D eigenvalue weighted by Gasteiger charge is 2.17. The number of benzene rings is 10. The Kier molecular flexibility index (Phi) is 31.7. The number of nitro groups is 3. The maximum Gasteiger partial charge on any atom is 0.339 e. The number of nitrogens with zero attached hydrogens (tertiary/aromatic N) is 9. The molecular weight excluding hydrogens is 1590 g/mol. The standard InChI is InChI=1S/C15H12ClN3O3.C14H8ClN3O3.C14H10ClN3O.C14H11N3O.C7H7ClN2O.C7H4ClNO3.Cl3OP/c1-10(11-4-3-7-14(9-11)19(21)22)17-18-15(20)12-5-2-6-13(16)8-12;15-11-5-1-3-9(7-11)13-16-17-14(21-13)10-4-2-6-12(8-10)18(19)20;15-11-5-1-3-9(7-11)13-17-18-14(19-13)10-4-2-6-12(16)8-10;15-12-8-4-7-11(9-12)14-17-16-13(18-14)10-5-2-1-3-6-10;8-6-3-1-2-5(4-6)7(11)10-9;8-7(10)5-2-1-3-6(4-5)9(11)12;1-5(2,3)4/h2-9,17H,1H2,(H,18,20);1-8H;1-8H,16H2;1-9H,15H2;1-4H,9H2,(H,10,11);1-4H;. The van der Waals surface area contributed by atoms with Gasteiger partial charge >= 0.3 is 5.20 Å². The van der Waals surface area contributed by atoms with E-state index in [2.05, 4.69) is 81.7 Å². The minimum atomic E-state index is -3.22. The van der Waals surface area contributed by atoms with Gasteiger partial charge in [-0.3, -0.25) is 65.6 Å². The number of amides is 2. The molecule has 0 aliphatic heterocycles. The van der Waals surface area contributed by atoms with Gasteiger partial charge in [0.05, 0.1) is 20.5 Å². The number of hydrogen-bond acceptors (Lipinski definition) is 23. The molecule has 28 nitrogen and oxygen atoms in total. The summed E-state index contributed by atoms with van der Waals surface area (Å²) in [7, 11) is 0. The van der Waals surface area contributed by atoms with Gasteiger partial charge in [-0.1, -0.05) is 132 Å². The van der Waals surface area contributed by atoms with Gasteiger partial charge in [0, 0.05) is 123 Å². The number of hydrogen-bond donors (Lipinski definition) is 6. The van der Waals surface area contributed by atoms with Crippen molar-refractivity contribution in [1.82, 2.24) is 46.9 Å². The zero-order valence-electron chi connectivity index (χ0n) is 54.9. The average molecular weight is 1640 g/mol. The minimum Gasteiger partial charge on any atom is -0.416 e. The van der Waals surface area contributed by atoms with E-state index >= 15 is 0 Å². The summed E-state index contributed by atoms with van der Waals surface area (Å²) < 4.78 is 26.3. The fourth-order valence-corrected chi connectivity index (χ4v) is 9.34. The highest BCUT2D eigenvalue weighted by Crippen LogP contribution is 2.61. The molecule has 9 N–H and O–H groups in total. The van der Waals surface area contributed by atoms with Gasteiger partial charge in [-0.15, -0.1) is 30.6 Å². The summed E-state index contributed by atoms with van der Waals surface area (Å²) in [6.07, 6.45) is 0. The van der Waals surface area contributed by atoms with Gasteiger partial charge in [0.15, 0.2) is 0 Å². The Balaban J connectivity index is 0.000000181. The van der Waals surface area contributed by atoms with Crippen LogP contribution in [-0.4, -0.2) is 62.4 Å². The lowest BCUT2D eigenvalue weighted by Crippen LogP contribution is -2.35. The van der Waals surface area contributed by atoms with Crippen LogP contribution in [0.15, 0.2) is 269 Å². The summed E-state index contributed by atoms with van der Waals surface area (Å²) >= 11 is 42.2. The van der Waals surface area contributed by atoms with Crippen molar-refractivity contribution in [2.45, 2.75) is 0 Å². The van der Waals surface area contributed by atoms with E-state index in [1.54, 1.807) is 115 Å². The lowest BCUT2D eigenvalue weighted by Gasteiger charge is -2.11. The van der Waals surface area contributed by atoms with Crippen LogP contribution in [0.1, 0.15) is 36.6 Å². The predicted molar refractivity (Wildman–Crippen MR) is 417 cm³/mol. The molecule has 13 aromatic rings. The molecule has 0 bridgehead atoms. The predicted octanol–water partition coefficient (Wildman–Crippen LogP) is 19.5. The first-order valence-corrected chi connectivity index (χ1v) is 36.5. The minimum absolute atomic E-state index is 0.0324. The van der Waals surface area contributed by atoms with E-state index in [9.17, 15) is 49.3 Å². The second-order valence-electron chi connectivity index (χ2n) is 21.0. The first-order valence-electron chi connectivity index (χ1n) is 30.2. The number of carbonyl (C=O) groups excluding carboxylic acids is 3. The van der Waals surface area contributed by atoms with Gasteiger partial charge in [-0.05, 0) is 179 Å². The lowest BCUT2D eigenvalue weighted by molar-refractivity contribution is -0.385. The molecule has 550 valence electrons. The van der Waals surface area contributed by atoms with Crippen LogP contribution < -0.4 is 33.6 Å². The molecule has 2 amide bonds. The molecule has 0 fully saturated rings. The van der Waals surface area contributed by atoms with Crippen LogP contribution in [0.4, 0.5) is 28.4 Å². The second kappa shape index (κ2) is 41.1. The highest BCUT2D eigenvalue weighted by molar-refractivity contribution is 8.24. The first-order chi connectivity index (χ1) is 51.5. The fourth-order valence-electron chi connectivity index (χ4n) is 8.46. The summed E-state index contributed by atoms with van der Waals surface area (Å²) in [4.78, 5) is 63.5. The van der Waals surface area contributed by atoms with Gasteiger partial charge in [0.2, 0.25) is 35.3 Å². The van der Waals surface area contributed by atoms with Crippen molar-refractivity contribution in [3.05, 3.63) is 328 Å². The Morgan fingerprint density at radius 2 is 0.676 bits per heavy atom. The van der Waals surface area contributed by atoms with E-state index in [0.29, 0.717) is 94.4 Å². The molecule has 3 heterocycles. The van der Waals surface area contributed by atoms with Crippen LogP contribution in [-0.2, 0) is 4.57 Å². The van der Waals surface area contributed by atoms with Crippen molar-refractivity contribution in [2.75, 3.05) is 11.5 Å². The van der Waals surface area contributed by atoms with Crippen LogP contribution in [0.25, 0.3) is 74.4 Å². The number of nitrogen functional groups attached to an aromatic ring is 3. The zero-order chi connectivity index (χ0) is 78.5. The van der Waals surface area contributed by atoms with Crippen LogP contribution in [0, 0.1) is 30.3 Å². The summed E-state index contributed by atoms with van der Waals surface area (Å²) in [6.45, 7) is 3.73. The molecule has 0 aliphatic carbocycles. The number of hydrazine groups is 2. The SMILES string of the molecule is C=C(NNC(=O)c1cccc(Cl)c1)c1cccc([N+](=O)[O-])c1.NNC(=O)c1cccc(Cl)c1.Nc1cccc(-c2nnc(-c3cccc(Cl)c3)o2)c1.Nc1cccc(-c2nnc(-c3ccccc3)o2)c1.O=C(Cl)c1cccc([N+](=O)[O-])c1.O=P(Cl)(Cl)Cl.O=[N+]([O-])c1cccc(-c2nnc(-c3cccc(Cl)c3)o2)c1. The first kappa shape index (κ1) is 83.4. The van der Waals surface area contributed by atoms with Crippen molar-refractivity contribution in [3.8, 4) is 68.7 Å². The van der Waals surface area contributed by atoms with E-state index < -0.39 is 31.1 Å². The molecule has 0 saturated heterocycles. The smallest absolute Gasteiger partial charge is 0.339 e. The Labute approximate surface area is 651 Å². The molecule has 13 rings (SSSR count). The molecule has 3 aromatic heterocycles. The molecule has 108 heavy (non-hydrogen) atoms. The zero-order valence-corrected chi connectivity index (χ0v) is 61.9. The quantitative estimate of drug-likeness (QED) is 0.0106. The van der Waals surface area contributed by atoms with Gasteiger partial charge < -0.3 is 24.7 Å². The number of aromatic nitrogens is 6. The maximum absolute atomic E-state index is 11.9. The van der Waals surface area contributed by atoms with E-state index in [0.717, 1.165) is 28.3 Å². The van der Waals surface area contributed by atoms with Gasteiger partial charge in [0.25, 0.3) is 34.1 Å². The average Bonchev–Trinajstić information content (AvgIpc) is 1.70. The largest absolute Gasteiger partial charge is 0.416 e. The third kappa shape index (κ3) is 27.5. The molecule has 10 aromatic carbocycles. The molecule has 0 unspecified atom stereocenters. The molecule has 0 spiro atoms. The van der Waals surface area contributed by atoms with Gasteiger partial charge in [-0.2, -0.15) is 0 Å². The molecule has 0 atom stereocenters. The number of rotatable bonds is 15. The van der Waals surface area contributed by atoms with Crippen LogP contribution in [0.3, 0.4) is 0 Å². The summed E-state index contributed by atoms with van der Waals surface area (Å²) in [5.74, 6) is 6.54. The highest BCUT2D eigenvalue weighted by atomic mass is 36.0. The number of nitrogens with one attached hydrogen (secondary N) is 3. The number of carbonyl (C=O) groups is 3. The molecule has 37 heteroatoms. The Bertz CT molecular complexity index is 5270. The molecular formula is C71H52Cl8N15O13P. The van der Waals surface area contributed by atoms with Gasteiger partial charge in [-0.25, -0.2) is 5.84 Å². The van der Waals surface area contributed by atoms with Crippen molar-refractivity contribution >= 4 is 148 Å². The Hall–Kier alpha value is -11.9. The molecule has 0 aliphatic rings. The van der Waals surface area contributed by atoms with Crippen molar-refractivity contribution in [2.24, 2.45) is 5.84 Å². The van der Waals surface area contributed by atoms with E-state index in [1.807, 2.05) is 84.3 Å². The number of nitro benzene ring substituents is 3. The van der Waals surface area contributed by atoms with E-state index in [1.165, 1.54) is 48.5 Å². The lowest BCUT2D eigenvalue weighted by atomic mass is 10.1. The van der Waals surface area contributed by atoms with Crippen molar-refractivity contribution in [3.63, 3.8) is 0 Å². The molecule has 0 saturated carbocycles. The maximum atomic E-state index is 11.9. The van der Waals surface area contributed by atoms with Crippen LogP contribution in [0.2, 0.25) is 20.1 Å². The van der Waals surface area contributed by atoms with Crippen molar-refractivity contribution < 1.29 is 47.0 Å². The Morgan fingerprint density at radius 1 is 0.380 bits per heavy atom. The number of halogens is 8. The van der Waals surface area contributed by atoms with Crippen molar-refractivity contribution in [1.29, 1.82) is 0 Å². The summed E-state index contributed by atoms with van der Waals surface area (Å²) in [5, 5.41) is 53.9. The second-order valence-corrected chi connectivity index (χ2v) is 29.7. The summed E-state index contributed by atoms with van der Waals surface area (Å²) in [5.41, 5.74) is 25.9. The molecule has 0 radical (unpaired) electrons. The Morgan fingerprint density at radius 3 is 1.05 bits per heavy atom. The van der Waals surface area contributed by atoms with E-state index in [-0.39, 0.29) is 34.4 Å². The normalized spacial score (nSPS) is 10.2. The summed E-state index contributed by atoms with van der Waals surface area (Å²) in [6, 6.07) is 68.8. The topological polar surface area (TPSA) is 429 Å². The monoisotopic (exact) mass is 1630 g/mol. The fraction of sp³-hybridized carbons (Fsp3) is 0. The third-order valence-electron chi connectivity index (χ3n) is 13.3. The van der Waals surface area contributed by atoms with E-state index in [4.69, 9.17) is 88.6 Å². The number of anilines is 2. The number of non-ortho nitro benzene ring substituents is 3. The third-order valence-corrected chi connectivity index (χ3v) is 14.5. The van der Waals surface area contributed by atoms with Gasteiger partial charge in [0.1, 0.15) is 0 Å².